The van der Waals surface area contributed by atoms with Crippen LogP contribution >= 0.6 is 11.6 Å². The van der Waals surface area contributed by atoms with Crippen molar-refractivity contribution >= 4 is 45.1 Å². The van der Waals surface area contributed by atoms with E-state index in [1.165, 1.54) is 12.3 Å². The second-order valence-corrected chi connectivity index (χ2v) is 7.41. The average Bonchev–Trinajstić information content (AvgIpc) is 3.44. The standard InChI is InChI=1S/C21H17ClN8O/c22-13-3-5-24-18(10-13)21(31)25-7-8-30-11-15-14-2-1-12(16-4-6-26-28-16)9-17(14)27-20(23)19(15)29-30/h1-6,9-11H,7-8H2,(H2,23,27)(H,25,31)(H,26,28). The highest BCUT2D eigenvalue weighted by Crippen LogP contribution is 2.29. The second kappa shape index (κ2) is 7.69. The Hall–Kier alpha value is -3.98. The molecule has 0 saturated heterocycles. The van der Waals surface area contributed by atoms with Gasteiger partial charge in [0.25, 0.3) is 5.91 Å². The number of H-pyrrole nitrogens is 1. The van der Waals surface area contributed by atoms with E-state index in [2.05, 4.69) is 30.6 Å². The molecule has 0 atom stereocenters. The van der Waals surface area contributed by atoms with E-state index < -0.39 is 0 Å². The Balaban J connectivity index is 1.38. The predicted molar refractivity (Wildman–Crippen MR) is 119 cm³/mol. The molecule has 0 spiro atoms. The van der Waals surface area contributed by atoms with Crippen LogP contribution in [0.25, 0.3) is 33.1 Å². The zero-order valence-electron chi connectivity index (χ0n) is 16.2. The quantitative estimate of drug-likeness (QED) is 0.391. The number of aromatic nitrogens is 6. The summed E-state index contributed by atoms with van der Waals surface area (Å²) in [4.78, 5) is 20.8. The summed E-state index contributed by atoms with van der Waals surface area (Å²) in [6, 6.07) is 11.0. The molecule has 9 nitrogen and oxygen atoms in total. The molecule has 0 aliphatic rings. The Morgan fingerprint density at radius 2 is 2.06 bits per heavy atom. The number of carbonyl (C=O) groups excluding carboxylic acids is 1. The van der Waals surface area contributed by atoms with E-state index in [9.17, 15) is 4.79 Å². The van der Waals surface area contributed by atoms with Gasteiger partial charge in [-0.05, 0) is 24.3 Å². The molecule has 0 saturated carbocycles. The third-order valence-electron chi connectivity index (χ3n) is 4.93. The Bertz CT molecular complexity index is 1410. The van der Waals surface area contributed by atoms with Crippen LogP contribution in [-0.2, 0) is 6.54 Å². The number of rotatable bonds is 5. The zero-order chi connectivity index (χ0) is 21.4. The van der Waals surface area contributed by atoms with E-state index in [-0.39, 0.29) is 11.6 Å². The van der Waals surface area contributed by atoms with Gasteiger partial charge in [0, 0.05) is 46.5 Å². The average molecular weight is 433 g/mol. The zero-order valence-corrected chi connectivity index (χ0v) is 17.0. The number of halogens is 1. The molecule has 0 aliphatic heterocycles. The van der Waals surface area contributed by atoms with E-state index in [4.69, 9.17) is 17.3 Å². The van der Waals surface area contributed by atoms with Crippen LogP contribution in [-0.4, -0.2) is 42.4 Å². The molecular weight excluding hydrogens is 416 g/mol. The van der Waals surface area contributed by atoms with E-state index in [0.29, 0.717) is 29.4 Å². The number of amides is 1. The number of carbonyl (C=O) groups is 1. The SMILES string of the molecule is Nc1nc2cc(-c3ccn[nH]3)ccc2c2cn(CCNC(=O)c3cc(Cl)ccn3)nc12. The molecule has 4 heterocycles. The van der Waals surface area contributed by atoms with Gasteiger partial charge in [-0.1, -0.05) is 23.7 Å². The molecule has 4 N–H and O–H groups in total. The van der Waals surface area contributed by atoms with Crippen molar-refractivity contribution in [3.8, 4) is 11.3 Å². The molecule has 0 radical (unpaired) electrons. The number of hydrogen-bond donors (Lipinski definition) is 3. The van der Waals surface area contributed by atoms with Crippen molar-refractivity contribution in [1.29, 1.82) is 0 Å². The van der Waals surface area contributed by atoms with Gasteiger partial charge in [-0.25, -0.2) is 4.98 Å². The van der Waals surface area contributed by atoms with Gasteiger partial charge < -0.3 is 11.1 Å². The van der Waals surface area contributed by atoms with Gasteiger partial charge in [-0.3, -0.25) is 19.6 Å². The van der Waals surface area contributed by atoms with Crippen molar-refractivity contribution in [3.05, 3.63) is 65.7 Å². The van der Waals surface area contributed by atoms with Crippen molar-refractivity contribution in [3.63, 3.8) is 0 Å². The number of nitrogens with zero attached hydrogens (tertiary/aromatic N) is 5. The number of nitrogens with one attached hydrogen (secondary N) is 2. The first-order valence-corrected chi connectivity index (χ1v) is 9.92. The van der Waals surface area contributed by atoms with Crippen LogP contribution < -0.4 is 11.1 Å². The van der Waals surface area contributed by atoms with Crippen molar-refractivity contribution in [2.45, 2.75) is 6.54 Å². The van der Waals surface area contributed by atoms with Crippen LogP contribution in [0.1, 0.15) is 10.5 Å². The number of benzene rings is 1. The number of hydrogen-bond acceptors (Lipinski definition) is 6. The third-order valence-corrected chi connectivity index (χ3v) is 5.16. The number of anilines is 1. The topological polar surface area (TPSA) is 127 Å². The van der Waals surface area contributed by atoms with Crippen molar-refractivity contribution in [2.24, 2.45) is 0 Å². The Morgan fingerprint density at radius 3 is 2.87 bits per heavy atom. The van der Waals surface area contributed by atoms with Gasteiger partial charge >= 0.3 is 0 Å². The fourth-order valence-electron chi connectivity index (χ4n) is 3.44. The maximum atomic E-state index is 12.2. The largest absolute Gasteiger partial charge is 0.382 e. The lowest BCUT2D eigenvalue weighted by atomic mass is 10.1. The fraction of sp³-hybridized carbons (Fsp3) is 0.0952. The first kappa shape index (κ1) is 19.0. The summed E-state index contributed by atoms with van der Waals surface area (Å²) in [5.41, 5.74) is 9.73. The van der Waals surface area contributed by atoms with Gasteiger partial charge in [0.05, 0.1) is 17.8 Å². The first-order valence-electron chi connectivity index (χ1n) is 9.54. The lowest BCUT2D eigenvalue weighted by Crippen LogP contribution is -2.28. The summed E-state index contributed by atoms with van der Waals surface area (Å²) in [5.74, 6) is 0.0624. The van der Waals surface area contributed by atoms with Crippen molar-refractivity contribution < 1.29 is 4.79 Å². The van der Waals surface area contributed by atoms with Gasteiger partial charge in [0.2, 0.25) is 0 Å². The number of aromatic amines is 1. The normalized spacial score (nSPS) is 11.3. The Labute approximate surface area is 181 Å². The lowest BCUT2D eigenvalue weighted by molar-refractivity contribution is 0.0947. The smallest absolute Gasteiger partial charge is 0.269 e. The van der Waals surface area contributed by atoms with E-state index in [1.807, 2.05) is 30.5 Å². The molecule has 5 rings (SSSR count). The minimum Gasteiger partial charge on any atom is -0.382 e. The summed E-state index contributed by atoms with van der Waals surface area (Å²) in [7, 11) is 0. The summed E-state index contributed by atoms with van der Waals surface area (Å²) < 4.78 is 1.75. The molecule has 10 heteroatoms. The van der Waals surface area contributed by atoms with Crippen LogP contribution in [0.15, 0.2) is 55.0 Å². The van der Waals surface area contributed by atoms with E-state index in [1.54, 1.807) is 16.9 Å². The minimum absolute atomic E-state index is 0.269. The minimum atomic E-state index is -0.294. The molecule has 5 aromatic rings. The van der Waals surface area contributed by atoms with Crippen LogP contribution in [0, 0.1) is 0 Å². The van der Waals surface area contributed by atoms with Gasteiger partial charge in [0.1, 0.15) is 11.2 Å². The van der Waals surface area contributed by atoms with Crippen LogP contribution in [0.4, 0.5) is 5.82 Å². The monoisotopic (exact) mass is 432 g/mol. The maximum Gasteiger partial charge on any atom is 0.269 e. The van der Waals surface area contributed by atoms with E-state index in [0.717, 1.165) is 27.5 Å². The van der Waals surface area contributed by atoms with E-state index >= 15 is 0 Å². The molecule has 1 amide bonds. The highest BCUT2D eigenvalue weighted by atomic mass is 35.5. The predicted octanol–water partition coefficient (Wildman–Crippen LogP) is 3.04. The van der Waals surface area contributed by atoms with Gasteiger partial charge in [0.15, 0.2) is 5.82 Å². The highest BCUT2D eigenvalue weighted by Gasteiger charge is 2.13. The van der Waals surface area contributed by atoms with Crippen LogP contribution in [0.3, 0.4) is 0 Å². The molecule has 0 fully saturated rings. The summed E-state index contributed by atoms with van der Waals surface area (Å²) in [6.07, 6.45) is 5.11. The molecule has 0 aliphatic carbocycles. The molecule has 1 aromatic carbocycles. The second-order valence-electron chi connectivity index (χ2n) is 6.97. The van der Waals surface area contributed by atoms with Crippen molar-refractivity contribution in [2.75, 3.05) is 12.3 Å². The van der Waals surface area contributed by atoms with Gasteiger partial charge in [-0.15, -0.1) is 0 Å². The number of nitrogens with two attached hydrogens (primary N) is 1. The summed E-state index contributed by atoms with van der Waals surface area (Å²) in [6.45, 7) is 0.838. The molecule has 0 unspecified atom stereocenters. The van der Waals surface area contributed by atoms with Crippen molar-refractivity contribution in [1.82, 2.24) is 35.3 Å². The summed E-state index contributed by atoms with van der Waals surface area (Å²) in [5, 5.41) is 16.6. The molecule has 154 valence electrons. The number of fused-ring (bicyclic) bond motifs is 3. The number of pyridine rings is 2. The van der Waals surface area contributed by atoms with Gasteiger partial charge in [-0.2, -0.15) is 10.2 Å². The van der Waals surface area contributed by atoms with Crippen LogP contribution in [0.2, 0.25) is 5.02 Å². The first-order chi connectivity index (χ1) is 15.1. The van der Waals surface area contributed by atoms with Crippen LogP contribution in [0.5, 0.6) is 0 Å². The Kier molecular flexibility index (Phi) is 4.72. The molecule has 31 heavy (non-hydrogen) atoms. The fourth-order valence-corrected chi connectivity index (χ4v) is 3.60. The lowest BCUT2D eigenvalue weighted by Gasteiger charge is -2.05. The molecule has 0 bridgehead atoms. The maximum absolute atomic E-state index is 12.2. The molecule has 4 aromatic heterocycles. The third kappa shape index (κ3) is 3.66. The Morgan fingerprint density at radius 1 is 1.16 bits per heavy atom. The number of nitrogen functional groups attached to an aromatic ring is 1. The molecular formula is C21H17ClN8O. The summed E-state index contributed by atoms with van der Waals surface area (Å²) >= 11 is 5.91. The highest BCUT2D eigenvalue weighted by molar-refractivity contribution is 6.30.